The van der Waals surface area contributed by atoms with Gasteiger partial charge in [-0.1, -0.05) is 12.1 Å². The summed E-state index contributed by atoms with van der Waals surface area (Å²) >= 11 is 1.36. The number of esters is 2. The van der Waals surface area contributed by atoms with Gasteiger partial charge in [0.25, 0.3) is 5.91 Å². The molecule has 7 heteroatoms. The molecule has 1 amide bonds. The Morgan fingerprint density at radius 2 is 1.79 bits per heavy atom. The first kappa shape index (κ1) is 17.7. The maximum atomic E-state index is 11.8. The van der Waals surface area contributed by atoms with Crippen LogP contribution in [0.15, 0.2) is 36.4 Å². The summed E-state index contributed by atoms with van der Waals surface area (Å²) in [5, 5.41) is 2.52. The van der Waals surface area contributed by atoms with Crippen molar-refractivity contribution in [2.75, 3.05) is 13.7 Å². The molecule has 0 saturated carbocycles. The largest absolute Gasteiger partial charge is 0.465 e. The Morgan fingerprint density at radius 1 is 1.08 bits per heavy atom. The number of hydrogen-bond acceptors (Lipinski definition) is 6. The van der Waals surface area contributed by atoms with E-state index in [1.165, 1.54) is 18.4 Å². The molecular weight excluding hydrogens is 330 g/mol. The predicted molar refractivity (Wildman–Crippen MR) is 89.0 cm³/mol. The quantitative estimate of drug-likeness (QED) is 0.811. The number of hydrogen-bond donors (Lipinski definition) is 1. The monoisotopic (exact) mass is 347 g/mol. The molecule has 0 bridgehead atoms. The minimum atomic E-state index is -0.534. The van der Waals surface area contributed by atoms with Crippen LogP contribution in [0.2, 0.25) is 0 Å². The SMILES string of the molecule is COC(=O)c1ccc(COC(=O)CNC(=O)c2ccc(C)s2)cc1. The van der Waals surface area contributed by atoms with E-state index in [-0.39, 0.29) is 19.1 Å². The third kappa shape index (κ3) is 4.92. The minimum Gasteiger partial charge on any atom is -0.465 e. The van der Waals surface area contributed by atoms with Gasteiger partial charge in [0.15, 0.2) is 0 Å². The van der Waals surface area contributed by atoms with Crippen LogP contribution in [0.5, 0.6) is 0 Å². The van der Waals surface area contributed by atoms with Gasteiger partial charge in [-0.15, -0.1) is 11.3 Å². The van der Waals surface area contributed by atoms with Crippen LogP contribution in [0.1, 0.15) is 30.5 Å². The number of methoxy groups -OCH3 is 1. The van der Waals surface area contributed by atoms with E-state index in [9.17, 15) is 14.4 Å². The Labute approximate surface area is 143 Å². The van der Waals surface area contributed by atoms with Crippen LogP contribution in [0.3, 0.4) is 0 Å². The van der Waals surface area contributed by atoms with Gasteiger partial charge in [0.1, 0.15) is 13.2 Å². The Bertz CT molecular complexity index is 736. The summed E-state index contributed by atoms with van der Waals surface area (Å²) in [6.07, 6.45) is 0. The van der Waals surface area contributed by atoms with Gasteiger partial charge in [0.05, 0.1) is 17.6 Å². The van der Waals surface area contributed by atoms with Crippen molar-refractivity contribution in [2.45, 2.75) is 13.5 Å². The molecule has 0 aliphatic heterocycles. The molecule has 1 N–H and O–H groups in total. The highest BCUT2D eigenvalue weighted by molar-refractivity contribution is 7.13. The standard InChI is InChI=1S/C17H17NO5S/c1-11-3-8-14(24-11)16(20)18-9-15(19)23-10-12-4-6-13(7-5-12)17(21)22-2/h3-8H,9-10H2,1-2H3,(H,18,20). The average Bonchev–Trinajstić information content (AvgIpc) is 3.04. The fourth-order valence-electron chi connectivity index (χ4n) is 1.87. The first-order valence-corrected chi connectivity index (χ1v) is 7.99. The molecule has 2 rings (SSSR count). The molecule has 1 heterocycles. The van der Waals surface area contributed by atoms with Crippen LogP contribution in [0.4, 0.5) is 0 Å². The molecule has 0 unspecified atom stereocenters. The zero-order valence-electron chi connectivity index (χ0n) is 13.3. The van der Waals surface area contributed by atoms with E-state index in [1.807, 2.05) is 13.0 Å². The lowest BCUT2D eigenvalue weighted by Gasteiger charge is -2.06. The molecule has 0 aliphatic carbocycles. The molecule has 0 spiro atoms. The second-order valence-corrected chi connectivity index (χ2v) is 6.23. The predicted octanol–water partition coefficient (Wildman–Crippen LogP) is 2.32. The van der Waals surface area contributed by atoms with Crippen LogP contribution >= 0.6 is 11.3 Å². The zero-order chi connectivity index (χ0) is 17.5. The van der Waals surface area contributed by atoms with E-state index in [1.54, 1.807) is 30.3 Å². The minimum absolute atomic E-state index is 0.0638. The van der Waals surface area contributed by atoms with Gasteiger partial charge in [-0.2, -0.15) is 0 Å². The van der Waals surface area contributed by atoms with Crippen LogP contribution in [0.25, 0.3) is 0 Å². The summed E-state index contributed by atoms with van der Waals surface area (Å²) in [5.74, 6) is -1.26. The molecule has 1 aromatic carbocycles. The summed E-state index contributed by atoms with van der Waals surface area (Å²) in [6, 6.07) is 10.1. The number of ether oxygens (including phenoxy) is 2. The van der Waals surface area contributed by atoms with E-state index >= 15 is 0 Å². The van der Waals surface area contributed by atoms with Gasteiger partial charge < -0.3 is 14.8 Å². The van der Waals surface area contributed by atoms with Crippen molar-refractivity contribution in [3.05, 3.63) is 57.3 Å². The summed E-state index contributed by atoms with van der Waals surface area (Å²) in [5.41, 5.74) is 1.15. The van der Waals surface area contributed by atoms with Gasteiger partial charge in [-0.05, 0) is 36.8 Å². The van der Waals surface area contributed by atoms with Crippen molar-refractivity contribution >= 4 is 29.2 Å². The van der Waals surface area contributed by atoms with Gasteiger partial charge >= 0.3 is 11.9 Å². The Morgan fingerprint density at radius 3 is 2.38 bits per heavy atom. The fraction of sp³-hybridized carbons (Fsp3) is 0.235. The highest BCUT2D eigenvalue weighted by atomic mass is 32.1. The molecule has 0 aliphatic rings. The van der Waals surface area contributed by atoms with Crippen molar-refractivity contribution < 1.29 is 23.9 Å². The summed E-state index contributed by atoms with van der Waals surface area (Å²) < 4.78 is 9.68. The molecule has 24 heavy (non-hydrogen) atoms. The number of thiophene rings is 1. The van der Waals surface area contributed by atoms with Crippen LogP contribution in [-0.2, 0) is 20.9 Å². The van der Waals surface area contributed by atoms with Crippen molar-refractivity contribution in [3.8, 4) is 0 Å². The number of carbonyl (C=O) groups is 3. The van der Waals surface area contributed by atoms with Crippen molar-refractivity contribution in [1.82, 2.24) is 5.32 Å². The fourth-order valence-corrected chi connectivity index (χ4v) is 2.65. The van der Waals surface area contributed by atoms with Crippen LogP contribution in [-0.4, -0.2) is 31.5 Å². The van der Waals surface area contributed by atoms with E-state index in [2.05, 4.69) is 10.1 Å². The third-order valence-corrected chi connectivity index (χ3v) is 4.13. The Balaban J connectivity index is 1.76. The lowest BCUT2D eigenvalue weighted by Crippen LogP contribution is -2.30. The lowest BCUT2D eigenvalue weighted by atomic mass is 10.1. The highest BCUT2D eigenvalue weighted by Gasteiger charge is 2.11. The molecule has 0 radical (unpaired) electrons. The second kappa shape index (κ2) is 8.26. The van der Waals surface area contributed by atoms with Gasteiger partial charge in [0.2, 0.25) is 0 Å². The lowest BCUT2D eigenvalue weighted by molar-refractivity contribution is -0.143. The summed E-state index contributed by atoms with van der Waals surface area (Å²) in [7, 11) is 1.31. The number of carbonyl (C=O) groups excluding carboxylic acids is 3. The highest BCUT2D eigenvalue weighted by Crippen LogP contribution is 2.14. The first-order chi connectivity index (χ1) is 11.5. The smallest absolute Gasteiger partial charge is 0.337 e. The third-order valence-electron chi connectivity index (χ3n) is 3.13. The number of rotatable bonds is 6. The second-order valence-electron chi connectivity index (χ2n) is 4.94. The van der Waals surface area contributed by atoms with Gasteiger partial charge in [-0.3, -0.25) is 9.59 Å². The van der Waals surface area contributed by atoms with Crippen LogP contribution in [0, 0.1) is 6.92 Å². The Hall–Kier alpha value is -2.67. The van der Waals surface area contributed by atoms with Crippen molar-refractivity contribution in [3.63, 3.8) is 0 Å². The van der Waals surface area contributed by atoms with E-state index in [4.69, 9.17) is 4.74 Å². The molecule has 1 aromatic heterocycles. The van der Waals surface area contributed by atoms with Crippen LogP contribution < -0.4 is 5.32 Å². The summed E-state index contributed by atoms with van der Waals surface area (Å²) in [6.45, 7) is 1.77. The maximum Gasteiger partial charge on any atom is 0.337 e. The Kier molecular flexibility index (Phi) is 6.08. The molecule has 126 valence electrons. The van der Waals surface area contributed by atoms with Crippen molar-refractivity contribution in [2.24, 2.45) is 0 Å². The average molecular weight is 347 g/mol. The number of amides is 1. The summed E-state index contributed by atoms with van der Waals surface area (Å²) in [4.78, 5) is 36.4. The topological polar surface area (TPSA) is 81.7 Å². The maximum absolute atomic E-state index is 11.8. The first-order valence-electron chi connectivity index (χ1n) is 7.17. The zero-order valence-corrected chi connectivity index (χ0v) is 14.1. The van der Waals surface area contributed by atoms with E-state index < -0.39 is 11.9 Å². The van der Waals surface area contributed by atoms with Gasteiger partial charge in [0, 0.05) is 4.88 Å². The molecule has 0 atom stereocenters. The number of nitrogens with one attached hydrogen (secondary N) is 1. The molecule has 6 nitrogen and oxygen atoms in total. The molecule has 0 fully saturated rings. The molecule has 0 saturated heterocycles. The van der Waals surface area contributed by atoms with Crippen molar-refractivity contribution in [1.29, 1.82) is 0 Å². The molecule has 2 aromatic rings. The molecular formula is C17H17NO5S. The van der Waals surface area contributed by atoms with E-state index in [0.29, 0.717) is 10.4 Å². The number of aryl methyl sites for hydroxylation is 1. The number of benzene rings is 1. The van der Waals surface area contributed by atoms with Gasteiger partial charge in [-0.25, -0.2) is 4.79 Å². The normalized spacial score (nSPS) is 10.1. The van der Waals surface area contributed by atoms with E-state index in [0.717, 1.165) is 10.4 Å².